The smallest absolute Gasteiger partial charge is 0.235 e. The van der Waals surface area contributed by atoms with Crippen molar-refractivity contribution in [3.8, 4) is 17.1 Å². The molecule has 0 aliphatic carbocycles. The molecule has 3 heterocycles. The number of ether oxygens (including phenoxy) is 1. The molecule has 1 aliphatic heterocycles. The third-order valence-corrected chi connectivity index (χ3v) is 4.45. The highest BCUT2D eigenvalue weighted by molar-refractivity contribution is 6.35. The third-order valence-electron chi connectivity index (χ3n) is 4.14. The quantitative estimate of drug-likeness (QED) is 0.774. The van der Waals surface area contributed by atoms with Crippen molar-refractivity contribution in [2.45, 2.75) is 19.4 Å². The SMILES string of the molecule is Cc1nc(-c2c[nH]c3c(Cl)cccc23)cnc1OC1CCNC1. The molecule has 0 saturated carbocycles. The first-order chi connectivity index (χ1) is 11.2. The van der Waals surface area contributed by atoms with Gasteiger partial charge in [-0.05, 0) is 26.0 Å². The topological polar surface area (TPSA) is 62.8 Å². The predicted molar refractivity (Wildman–Crippen MR) is 91.0 cm³/mol. The Hall–Kier alpha value is -2.11. The van der Waals surface area contributed by atoms with Crippen molar-refractivity contribution >= 4 is 22.5 Å². The molecule has 23 heavy (non-hydrogen) atoms. The monoisotopic (exact) mass is 328 g/mol. The fourth-order valence-corrected chi connectivity index (χ4v) is 3.16. The number of hydrogen-bond donors (Lipinski definition) is 2. The number of benzene rings is 1. The summed E-state index contributed by atoms with van der Waals surface area (Å²) in [6.45, 7) is 3.78. The minimum atomic E-state index is 0.181. The molecule has 5 nitrogen and oxygen atoms in total. The van der Waals surface area contributed by atoms with E-state index in [1.807, 2.05) is 31.3 Å². The Kier molecular flexibility index (Phi) is 3.67. The van der Waals surface area contributed by atoms with Gasteiger partial charge < -0.3 is 15.0 Å². The molecule has 4 rings (SSSR count). The van der Waals surface area contributed by atoms with Crippen molar-refractivity contribution < 1.29 is 4.74 Å². The number of aryl methyl sites for hydroxylation is 1. The van der Waals surface area contributed by atoms with E-state index in [4.69, 9.17) is 16.3 Å². The lowest BCUT2D eigenvalue weighted by Crippen LogP contribution is -2.20. The molecule has 0 radical (unpaired) electrons. The van der Waals surface area contributed by atoms with Crippen LogP contribution in [0.4, 0.5) is 0 Å². The second-order valence-electron chi connectivity index (χ2n) is 5.74. The second kappa shape index (κ2) is 5.83. The van der Waals surface area contributed by atoms with E-state index in [2.05, 4.69) is 20.3 Å². The minimum absolute atomic E-state index is 0.181. The molecule has 1 saturated heterocycles. The molecule has 0 amide bonds. The van der Waals surface area contributed by atoms with Gasteiger partial charge in [0.25, 0.3) is 0 Å². The molecular formula is C17H17ClN4O. The average molecular weight is 329 g/mol. The first-order valence-electron chi connectivity index (χ1n) is 7.69. The normalized spacial score (nSPS) is 17.7. The van der Waals surface area contributed by atoms with Crippen molar-refractivity contribution in [3.63, 3.8) is 0 Å². The van der Waals surface area contributed by atoms with Gasteiger partial charge in [-0.3, -0.25) is 0 Å². The molecule has 2 N–H and O–H groups in total. The number of halogens is 1. The standard InChI is InChI=1S/C17H17ClN4O/c1-10-17(23-11-5-6-19-7-11)21-9-15(22-10)13-8-20-16-12(13)3-2-4-14(16)18/h2-4,8-9,11,19-20H,5-7H2,1H3. The average Bonchev–Trinajstić information content (AvgIpc) is 3.19. The lowest BCUT2D eigenvalue weighted by molar-refractivity contribution is 0.211. The Bertz CT molecular complexity index is 855. The number of aromatic nitrogens is 3. The Morgan fingerprint density at radius 2 is 2.26 bits per heavy atom. The van der Waals surface area contributed by atoms with Crippen LogP contribution in [0.3, 0.4) is 0 Å². The molecule has 2 aromatic heterocycles. The van der Waals surface area contributed by atoms with Crippen LogP contribution >= 0.6 is 11.6 Å². The third kappa shape index (κ3) is 2.66. The number of nitrogens with one attached hydrogen (secondary N) is 2. The van der Waals surface area contributed by atoms with Gasteiger partial charge in [-0.2, -0.15) is 0 Å². The summed E-state index contributed by atoms with van der Waals surface area (Å²) in [5.41, 5.74) is 3.52. The zero-order valence-corrected chi connectivity index (χ0v) is 13.5. The summed E-state index contributed by atoms with van der Waals surface area (Å²) in [5.74, 6) is 0.611. The van der Waals surface area contributed by atoms with E-state index in [0.29, 0.717) is 10.9 Å². The van der Waals surface area contributed by atoms with Gasteiger partial charge in [-0.25, -0.2) is 9.97 Å². The predicted octanol–water partition coefficient (Wildman–Crippen LogP) is 3.33. The van der Waals surface area contributed by atoms with Crippen molar-refractivity contribution in [3.05, 3.63) is 41.3 Å². The van der Waals surface area contributed by atoms with Gasteiger partial charge in [0.05, 0.1) is 22.4 Å². The van der Waals surface area contributed by atoms with Crippen LogP contribution in [0.2, 0.25) is 5.02 Å². The summed E-state index contributed by atoms with van der Waals surface area (Å²) in [4.78, 5) is 12.3. The van der Waals surface area contributed by atoms with E-state index in [0.717, 1.165) is 47.4 Å². The van der Waals surface area contributed by atoms with Crippen molar-refractivity contribution in [2.24, 2.45) is 0 Å². The van der Waals surface area contributed by atoms with E-state index >= 15 is 0 Å². The maximum atomic E-state index is 6.22. The molecule has 0 spiro atoms. The van der Waals surface area contributed by atoms with Crippen molar-refractivity contribution in [1.82, 2.24) is 20.3 Å². The maximum Gasteiger partial charge on any atom is 0.235 e. The van der Waals surface area contributed by atoms with Crippen LogP contribution in [0.5, 0.6) is 5.88 Å². The number of nitrogens with zero attached hydrogens (tertiary/aromatic N) is 2. The zero-order valence-electron chi connectivity index (χ0n) is 12.8. The number of rotatable bonds is 3. The molecule has 118 valence electrons. The van der Waals surface area contributed by atoms with E-state index in [9.17, 15) is 0 Å². The summed E-state index contributed by atoms with van der Waals surface area (Å²) in [7, 11) is 0. The first kappa shape index (κ1) is 14.5. The van der Waals surface area contributed by atoms with Crippen LogP contribution in [0.25, 0.3) is 22.2 Å². The van der Waals surface area contributed by atoms with Gasteiger partial charge in [-0.1, -0.05) is 23.7 Å². The summed E-state index contributed by atoms with van der Waals surface area (Å²) in [6, 6.07) is 5.83. The summed E-state index contributed by atoms with van der Waals surface area (Å²) in [5, 5.41) is 5.02. The van der Waals surface area contributed by atoms with Crippen LogP contribution in [-0.4, -0.2) is 34.1 Å². The van der Waals surface area contributed by atoms with Crippen molar-refractivity contribution in [2.75, 3.05) is 13.1 Å². The van der Waals surface area contributed by atoms with E-state index < -0.39 is 0 Å². The number of fused-ring (bicyclic) bond motifs is 1. The summed E-state index contributed by atoms with van der Waals surface area (Å²) < 4.78 is 5.92. The van der Waals surface area contributed by atoms with Gasteiger partial charge in [0.1, 0.15) is 11.8 Å². The summed E-state index contributed by atoms with van der Waals surface area (Å²) in [6.07, 6.45) is 4.86. The highest BCUT2D eigenvalue weighted by Crippen LogP contribution is 2.31. The molecule has 3 aromatic rings. The highest BCUT2D eigenvalue weighted by atomic mass is 35.5. The fraction of sp³-hybridized carbons (Fsp3) is 0.294. The van der Waals surface area contributed by atoms with Gasteiger partial charge in [-0.15, -0.1) is 0 Å². The fourth-order valence-electron chi connectivity index (χ4n) is 2.93. The first-order valence-corrected chi connectivity index (χ1v) is 8.07. The number of H-pyrrole nitrogens is 1. The molecule has 1 unspecified atom stereocenters. The Labute approximate surface area is 139 Å². The number of aromatic amines is 1. The zero-order chi connectivity index (χ0) is 15.8. The maximum absolute atomic E-state index is 6.22. The summed E-state index contributed by atoms with van der Waals surface area (Å²) >= 11 is 6.22. The minimum Gasteiger partial charge on any atom is -0.472 e. The Morgan fingerprint density at radius 3 is 3.04 bits per heavy atom. The lowest BCUT2D eigenvalue weighted by atomic mass is 10.1. The largest absolute Gasteiger partial charge is 0.472 e. The van der Waals surface area contributed by atoms with Crippen LogP contribution < -0.4 is 10.1 Å². The van der Waals surface area contributed by atoms with Crippen LogP contribution in [0, 0.1) is 6.92 Å². The Balaban J connectivity index is 1.68. The van der Waals surface area contributed by atoms with Crippen LogP contribution in [0.15, 0.2) is 30.6 Å². The Morgan fingerprint density at radius 1 is 1.35 bits per heavy atom. The molecule has 1 aliphatic rings. The van der Waals surface area contributed by atoms with Gasteiger partial charge in [0.15, 0.2) is 0 Å². The van der Waals surface area contributed by atoms with E-state index in [1.165, 1.54) is 0 Å². The van der Waals surface area contributed by atoms with Crippen molar-refractivity contribution in [1.29, 1.82) is 0 Å². The van der Waals surface area contributed by atoms with Gasteiger partial charge >= 0.3 is 0 Å². The van der Waals surface area contributed by atoms with E-state index in [1.54, 1.807) is 6.20 Å². The molecule has 1 atom stereocenters. The molecule has 0 bridgehead atoms. The number of hydrogen-bond acceptors (Lipinski definition) is 4. The van der Waals surface area contributed by atoms with Gasteiger partial charge in [0.2, 0.25) is 5.88 Å². The van der Waals surface area contributed by atoms with Crippen LogP contribution in [0.1, 0.15) is 12.1 Å². The lowest BCUT2D eigenvalue weighted by Gasteiger charge is -2.13. The highest BCUT2D eigenvalue weighted by Gasteiger charge is 2.18. The van der Waals surface area contributed by atoms with E-state index in [-0.39, 0.29) is 6.10 Å². The molecule has 1 aromatic carbocycles. The molecule has 6 heteroatoms. The number of para-hydroxylation sites is 1. The van der Waals surface area contributed by atoms with Gasteiger partial charge in [0, 0.05) is 23.7 Å². The molecular weight excluding hydrogens is 312 g/mol. The second-order valence-corrected chi connectivity index (χ2v) is 6.15. The molecule has 1 fully saturated rings. The van der Waals surface area contributed by atoms with Crippen LogP contribution in [-0.2, 0) is 0 Å².